The molecule has 0 saturated carbocycles. The van der Waals surface area contributed by atoms with Gasteiger partial charge in [-0.15, -0.1) is 24.0 Å². The zero-order valence-electron chi connectivity index (χ0n) is 19.0. The standard InChI is InChI=1S/C22H31N5O3S.HI/c1-23-22(24-17-18-9-11-19(12-10-18)31(28,29)25(2)3)27-15-13-26(14-16-27)20-7-5-6-8-21(20)30-4;/h5-12H,13-17H2,1-4H3,(H,23,24);1H. The number of ether oxygens (including phenoxy) is 1. The Morgan fingerprint density at radius 3 is 2.25 bits per heavy atom. The van der Waals surface area contributed by atoms with Gasteiger partial charge in [0.25, 0.3) is 0 Å². The van der Waals surface area contributed by atoms with Gasteiger partial charge in [-0.2, -0.15) is 0 Å². The van der Waals surface area contributed by atoms with E-state index in [0.717, 1.165) is 49.1 Å². The quantitative estimate of drug-likeness (QED) is 0.325. The first-order valence-electron chi connectivity index (χ1n) is 10.2. The first kappa shape index (κ1) is 26.2. The molecule has 2 aromatic rings. The van der Waals surface area contributed by atoms with Crippen molar-refractivity contribution in [3.8, 4) is 5.75 Å². The molecule has 1 saturated heterocycles. The highest BCUT2D eigenvalue weighted by atomic mass is 127. The molecule has 0 aromatic heterocycles. The Hall–Kier alpha value is -2.05. The molecule has 0 aliphatic carbocycles. The fraction of sp³-hybridized carbons (Fsp3) is 0.409. The second-order valence-corrected chi connectivity index (χ2v) is 9.63. The average Bonchev–Trinajstić information content (AvgIpc) is 2.80. The number of nitrogens with zero attached hydrogens (tertiary/aromatic N) is 4. The number of para-hydroxylation sites is 2. The summed E-state index contributed by atoms with van der Waals surface area (Å²) < 4.78 is 31.1. The third kappa shape index (κ3) is 6.04. The molecule has 1 heterocycles. The van der Waals surface area contributed by atoms with Gasteiger partial charge in [0.2, 0.25) is 10.0 Å². The smallest absolute Gasteiger partial charge is 0.242 e. The predicted octanol–water partition coefficient (Wildman–Crippen LogP) is 2.46. The Kier molecular flexibility index (Phi) is 9.59. The van der Waals surface area contributed by atoms with Crippen LogP contribution in [0.4, 0.5) is 5.69 Å². The van der Waals surface area contributed by atoms with Gasteiger partial charge in [0.05, 0.1) is 17.7 Å². The van der Waals surface area contributed by atoms with E-state index in [1.165, 1.54) is 18.4 Å². The van der Waals surface area contributed by atoms with Gasteiger partial charge in [0.15, 0.2) is 5.96 Å². The van der Waals surface area contributed by atoms with Gasteiger partial charge in [0.1, 0.15) is 5.75 Å². The van der Waals surface area contributed by atoms with E-state index in [0.29, 0.717) is 6.54 Å². The summed E-state index contributed by atoms with van der Waals surface area (Å²) in [5.41, 5.74) is 2.10. The zero-order chi connectivity index (χ0) is 22.4. The monoisotopic (exact) mass is 573 g/mol. The molecule has 0 amide bonds. The molecule has 2 aromatic carbocycles. The van der Waals surface area contributed by atoms with E-state index in [1.54, 1.807) is 26.3 Å². The molecule has 0 radical (unpaired) electrons. The van der Waals surface area contributed by atoms with Crippen molar-refractivity contribution < 1.29 is 13.2 Å². The summed E-state index contributed by atoms with van der Waals surface area (Å²) in [6.45, 7) is 4.01. The Labute approximate surface area is 208 Å². The summed E-state index contributed by atoms with van der Waals surface area (Å²) in [5, 5.41) is 3.39. The van der Waals surface area contributed by atoms with Crippen LogP contribution < -0.4 is 15.0 Å². The fourth-order valence-electron chi connectivity index (χ4n) is 3.55. The van der Waals surface area contributed by atoms with Crippen LogP contribution in [0.3, 0.4) is 0 Å². The lowest BCUT2D eigenvalue weighted by atomic mass is 10.2. The molecule has 1 N–H and O–H groups in total. The summed E-state index contributed by atoms with van der Waals surface area (Å²) in [5.74, 6) is 1.72. The third-order valence-corrected chi connectivity index (χ3v) is 7.20. The van der Waals surface area contributed by atoms with Gasteiger partial charge in [-0.25, -0.2) is 12.7 Å². The van der Waals surface area contributed by atoms with E-state index in [4.69, 9.17) is 4.74 Å². The van der Waals surface area contributed by atoms with Crippen molar-refractivity contribution in [2.45, 2.75) is 11.4 Å². The number of guanidine groups is 1. The SMILES string of the molecule is CN=C(NCc1ccc(S(=O)(=O)N(C)C)cc1)N1CCN(c2ccccc2OC)CC1.I. The highest BCUT2D eigenvalue weighted by molar-refractivity contribution is 14.0. The number of rotatable bonds is 6. The Morgan fingerprint density at radius 1 is 1.06 bits per heavy atom. The summed E-state index contributed by atoms with van der Waals surface area (Å²) in [7, 11) is 3.12. The normalized spacial score (nSPS) is 14.8. The van der Waals surface area contributed by atoms with Crippen molar-refractivity contribution in [3.63, 3.8) is 0 Å². The Bertz CT molecular complexity index is 1000. The van der Waals surface area contributed by atoms with Crippen molar-refractivity contribution in [2.75, 3.05) is 59.3 Å². The maximum atomic E-state index is 12.2. The number of hydrogen-bond donors (Lipinski definition) is 1. The van der Waals surface area contributed by atoms with Crippen molar-refractivity contribution in [2.24, 2.45) is 4.99 Å². The summed E-state index contributed by atoms with van der Waals surface area (Å²) in [6, 6.07) is 15.0. The number of hydrogen-bond acceptors (Lipinski definition) is 5. The molecule has 32 heavy (non-hydrogen) atoms. The van der Waals surface area contributed by atoms with Crippen LogP contribution in [0.5, 0.6) is 5.75 Å². The number of methoxy groups -OCH3 is 1. The second-order valence-electron chi connectivity index (χ2n) is 7.48. The number of piperazine rings is 1. The Balaban J connectivity index is 0.00000363. The van der Waals surface area contributed by atoms with Crippen molar-refractivity contribution in [3.05, 3.63) is 54.1 Å². The topological polar surface area (TPSA) is 77.5 Å². The van der Waals surface area contributed by atoms with E-state index < -0.39 is 10.0 Å². The number of nitrogens with one attached hydrogen (secondary N) is 1. The molecular formula is C22H32IN5O3S. The van der Waals surface area contributed by atoms with Crippen LogP contribution >= 0.6 is 24.0 Å². The van der Waals surface area contributed by atoms with E-state index >= 15 is 0 Å². The summed E-state index contributed by atoms with van der Waals surface area (Å²) >= 11 is 0. The minimum Gasteiger partial charge on any atom is -0.495 e. The van der Waals surface area contributed by atoms with Gasteiger partial charge in [-0.05, 0) is 29.8 Å². The van der Waals surface area contributed by atoms with Crippen molar-refractivity contribution >= 4 is 45.6 Å². The maximum Gasteiger partial charge on any atom is 0.242 e. The van der Waals surface area contributed by atoms with Gasteiger partial charge in [-0.1, -0.05) is 24.3 Å². The van der Waals surface area contributed by atoms with Gasteiger partial charge in [-0.3, -0.25) is 4.99 Å². The minimum absolute atomic E-state index is 0. The van der Waals surface area contributed by atoms with E-state index in [9.17, 15) is 8.42 Å². The van der Waals surface area contributed by atoms with Crippen LogP contribution in [0.1, 0.15) is 5.56 Å². The summed E-state index contributed by atoms with van der Waals surface area (Å²) in [6.07, 6.45) is 0. The van der Waals surface area contributed by atoms with Gasteiger partial charge >= 0.3 is 0 Å². The molecule has 0 spiro atoms. The highest BCUT2D eigenvalue weighted by Crippen LogP contribution is 2.28. The largest absolute Gasteiger partial charge is 0.495 e. The van der Waals surface area contributed by atoms with Crippen LogP contribution in [0.25, 0.3) is 0 Å². The fourth-order valence-corrected chi connectivity index (χ4v) is 4.46. The maximum absolute atomic E-state index is 12.2. The molecule has 8 nitrogen and oxygen atoms in total. The third-order valence-electron chi connectivity index (χ3n) is 5.37. The van der Waals surface area contributed by atoms with Crippen LogP contribution in [0.15, 0.2) is 58.4 Å². The predicted molar refractivity (Wildman–Crippen MR) is 140 cm³/mol. The van der Waals surface area contributed by atoms with Crippen LogP contribution in [0, 0.1) is 0 Å². The van der Waals surface area contributed by atoms with Crippen LogP contribution in [-0.2, 0) is 16.6 Å². The molecular weight excluding hydrogens is 541 g/mol. The van der Waals surface area contributed by atoms with Gasteiger partial charge < -0.3 is 19.9 Å². The van der Waals surface area contributed by atoms with Gasteiger partial charge in [0, 0.05) is 53.9 Å². The molecule has 3 rings (SSSR count). The molecule has 0 unspecified atom stereocenters. The number of halogens is 1. The lowest BCUT2D eigenvalue weighted by Crippen LogP contribution is -2.52. The number of sulfonamides is 1. The number of benzene rings is 2. The molecule has 1 aliphatic rings. The first-order chi connectivity index (χ1) is 14.9. The first-order valence-corrected chi connectivity index (χ1v) is 11.7. The molecule has 1 fully saturated rings. The molecule has 0 atom stereocenters. The van der Waals surface area contributed by atoms with E-state index in [2.05, 4.69) is 26.2 Å². The lowest BCUT2D eigenvalue weighted by Gasteiger charge is -2.38. The van der Waals surface area contributed by atoms with Crippen molar-refractivity contribution in [1.29, 1.82) is 0 Å². The van der Waals surface area contributed by atoms with E-state index in [1.807, 2.05) is 30.3 Å². The number of anilines is 1. The van der Waals surface area contributed by atoms with Crippen LogP contribution in [-0.4, -0.2) is 78.0 Å². The van der Waals surface area contributed by atoms with E-state index in [-0.39, 0.29) is 28.9 Å². The molecule has 1 aliphatic heterocycles. The van der Waals surface area contributed by atoms with Crippen molar-refractivity contribution in [1.82, 2.24) is 14.5 Å². The number of aliphatic imine (C=N–C) groups is 1. The van der Waals surface area contributed by atoms with Crippen LogP contribution in [0.2, 0.25) is 0 Å². The summed E-state index contributed by atoms with van der Waals surface area (Å²) in [4.78, 5) is 9.27. The molecule has 0 bridgehead atoms. The molecule has 176 valence electrons. The minimum atomic E-state index is -3.41. The zero-order valence-corrected chi connectivity index (χ0v) is 22.1. The highest BCUT2D eigenvalue weighted by Gasteiger charge is 2.22. The second kappa shape index (κ2) is 11.7. The molecule has 10 heteroatoms. The average molecular weight is 574 g/mol. The lowest BCUT2D eigenvalue weighted by molar-refractivity contribution is 0.367. The Morgan fingerprint density at radius 2 is 1.69 bits per heavy atom.